The molecule has 0 bridgehead atoms. The summed E-state index contributed by atoms with van der Waals surface area (Å²) in [4.78, 5) is 0. The van der Waals surface area contributed by atoms with E-state index >= 15 is 0 Å². The monoisotopic (exact) mass is 443 g/mol. The van der Waals surface area contributed by atoms with Crippen LogP contribution in [-0.4, -0.2) is 29.2 Å². The van der Waals surface area contributed by atoms with Crippen molar-refractivity contribution in [1.82, 2.24) is 0 Å². The molecular formula is C27H25NO5. The van der Waals surface area contributed by atoms with Crippen molar-refractivity contribution in [1.29, 1.82) is 0 Å². The Morgan fingerprint density at radius 2 is 2.03 bits per heavy atom. The molecule has 0 amide bonds. The van der Waals surface area contributed by atoms with E-state index in [1.54, 1.807) is 12.5 Å². The molecule has 2 atom stereocenters. The molecule has 1 aromatic heterocycles. The Morgan fingerprint density at radius 1 is 1.09 bits per heavy atom. The van der Waals surface area contributed by atoms with Gasteiger partial charge in [0.15, 0.2) is 0 Å². The van der Waals surface area contributed by atoms with Crippen molar-refractivity contribution in [2.24, 2.45) is 5.16 Å². The molecule has 33 heavy (non-hydrogen) atoms. The van der Waals surface area contributed by atoms with Gasteiger partial charge in [-0.3, -0.25) is 0 Å². The first kappa shape index (κ1) is 21.2. The summed E-state index contributed by atoms with van der Waals surface area (Å²) in [7, 11) is 0. The highest BCUT2D eigenvalue weighted by Crippen LogP contribution is 2.33. The predicted molar refractivity (Wildman–Crippen MR) is 126 cm³/mol. The van der Waals surface area contributed by atoms with Crippen LogP contribution >= 0.6 is 0 Å². The van der Waals surface area contributed by atoms with Crippen molar-refractivity contribution in [2.75, 3.05) is 6.61 Å². The topological polar surface area (TPSA) is 84.4 Å². The molecule has 6 heteroatoms. The highest BCUT2D eigenvalue weighted by atomic mass is 16.5. The Bertz CT molecular complexity index is 1260. The minimum absolute atomic E-state index is 0.0812. The summed E-state index contributed by atoms with van der Waals surface area (Å²) in [6.45, 7) is 0.994. The SMILES string of the molecule is ON=Cc1cc(-c2ccoc2)c2ccc(OCc3cccc(C4CC(O)CCO4)c3)cc2c1. The van der Waals surface area contributed by atoms with Crippen molar-refractivity contribution >= 4 is 17.0 Å². The Hall–Kier alpha value is -3.61. The minimum atomic E-state index is -0.311. The molecule has 2 unspecified atom stereocenters. The van der Waals surface area contributed by atoms with E-state index in [0.29, 0.717) is 26.1 Å². The Labute approximate surface area is 191 Å². The number of fused-ring (bicyclic) bond motifs is 1. The molecule has 1 fully saturated rings. The molecule has 6 nitrogen and oxygen atoms in total. The van der Waals surface area contributed by atoms with Gasteiger partial charge in [0.25, 0.3) is 0 Å². The van der Waals surface area contributed by atoms with Crippen LogP contribution in [-0.2, 0) is 11.3 Å². The average Bonchev–Trinajstić information content (AvgIpc) is 3.37. The third kappa shape index (κ3) is 4.77. The zero-order valence-electron chi connectivity index (χ0n) is 18.1. The molecular weight excluding hydrogens is 418 g/mol. The summed E-state index contributed by atoms with van der Waals surface area (Å²) < 4.78 is 17.2. The van der Waals surface area contributed by atoms with Crippen LogP contribution in [0.4, 0.5) is 0 Å². The molecule has 0 saturated carbocycles. The van der Waals surface area contributed by atoms with Gasteiger partial charge in [-0.2, -0.15) is 0 Å². The van der Waals surface area contributed by atoms with Crippen molar-refractivity contribution in [3.05, 3.63) is 89.9 Å². The number of aliphatic hydroxyl groups excluding tert-OH is 1. The summed E-state index contributed by atoms with van der Waals surface area (Å²) in [5.41, 5.74) is 4.82. The quantitative estimate of drug-likeness (QED) is 0.227. The summed E-state index contributed by atoms with van der Waals surface area (Å²) in [5.74, 6) is 0.744. The minimum Gasteiger partial charge on any atom is -0.489 e. The van der Waals surface area contributed by atoms with Crippen LogP contribution < -0.4 is 4.74 Å². The zero-order valence-corrected chi connectivity index (χ0v) is 18.1. The van der Waals surface area contributed by atoms with Gasteiger partial charge in [-0.1, -0.05) is 29.4 Å². The van der Waals surface area contributed by atoms with Gasteiger partial charge in [-0.15, -0.1) is 0 Å². The first-order valence-corrected chi connectivity index (χ1v) is 11.0. The number of aliphatic hydroxyl groups is 1. The molecule has 3 aromatic carbocycles. The lowest BCUT2D eigenvalue weighted by Crippen LogP contribution is -2.23. The predicted octanol–water partition coefficient (Wildman–Crippen LogP) is 5.70. The second-order valence-corrected chi connectivity index (χ2v) is 8.28. The molecule has 1 aliphatic heterocycles. The molecule has 2 N–H and O–H groups in total. The third-order valence-electron chi connectivity index (χ3n) is 5.97. The van der Waals surface area contributed by atoms with Crippen LogP contribution in [0, 0.1) is 0 Å². The number of oxime groups is 1. The van der Waals surface area contributed by atoms with Gasteiger partial charge >= 0.3 is 0 Å². The molecule has 1 aliphatic rings. The molecule has 5 rings (SSSR count). The molecule has 0 radical (unpaired) electrons. The first-order valence-electron chi connectivity index (χ1n) is 11.0. The number of benzene rings is 3. The number of ether oxygens (including phenoxy) is 2. The van der Waals surface area contributed by atoms with Gasteiger partial charge in [0, 0.05) is 18.6 Å². The van der Waals surface area contributed by atoms with Crippen molar-refractivity contribution in [3.63, 3.8) is 0 Å². The van der Waals surface area contributed by atoms with Gasteiger partial charge in [0.2, 0.25) is 0 Å². The van der Waals surface area contributed by atoms with Crippen molar-refractivity contribution in [3.8, 4) is 16.9 Å². The smallest absolute Gasteiger partial charge is 0.120 e. The summed E-state index contributed by atoms with van der Waals surface area (Å²) >= 11 is 0. The third-order valence-corrected chi connectivity index (χ3v) is 5.97. The summed E-state index contributed by atoms with van der Waals surface area (Å²) in [6, 6.07) is 19.9. The van der Waals surface area contributed by atoms with Crippen LogP contribution in [0.1, 0.15) is 35.6 Å². The highest BCUT2D eigenvalue weighted by molar-refractivity contribution is 6.01. The largest absolute Gasteiger partial charge is 0.489 e. The maximum Gasteiger partial charge on any atom is 0.120 e. The van der Waals surface area contributed by atoms with E-state index in [0.717, 1.165) is 44.3 Å². The van der Waals surface area contributed by atoms with Crippen LogP contribution in [0.2, 0.25) is 0 Å². The second-order valence-electron chi connectivity index (χ2n) is 8.28. The maximum absolute atomic E-state index is 9.95. The summed E-state index contributed by atoms with van der Waals surface area (Å²) in [6.07, 6.45) is 5.66. The van der Waals surface area contributed by atoms with Crippen LogP contribution in [0.25, 0.3) is 21.9 Å². The number of hydrogen-bond acceptors (Lipinski definition) is 6. The standard InChI is InChI=1S/C27H25NO5/c29-23-7-9-32-27(14-23)20-3-1-2-18(10-20)16-33-24-4-5-25-22(13-24)11-19(15-28-30)12-26(25)21-6-8-31-17-21/h1-6,8,10-13,15,17,23,27,29-30H,7,9,14,16H2. The van der Waals surface area contributed by atoms with Crippen molar-refractivity contribution < 1.29 is 24.2 Å². The van der Waals surface area contributed by atoms with E-state index in [2.05, 4.69) is 11.2 Å². The lowest BCUT2D eigenvalue weighted by atomic mass is 9.97. The Kier molecular flexibility index (Phi) is 6.11. The van der Waals surface area contributed by atoms with Gasteiger partial charge in [-0.05, 0) is 75.8 Å². The maximum atomic E-state index is 9.95. The lowest BCUT2D eigenvalue weighted by molar-refractivity contribution is -0.0448. The number of furan rings is 1. The number of nitrogens with zero attached hydrogens (tertiary/aromatic N) is 1. The second kappa shape index (κ2) is 9.48. The van der Waals surface area contributed by atoms with E-state index in [9.17, 15) is 5.11 Å². The van der Waals surface area contributed by atoms with E-state index in [1.165, 1.54) is 6.21 Å². The van der Waals surface area contributed by atoms with Gasteiger partial charge < -0.3 is 24.2 Å². The highest BCUT2D eigenvalue weighted by Gasteiger charge is 2.22. The van der Waals surface area contributed by atoms with Gasteiger partial charge in [-0.25, -0.2) is 0 Å². The van der Waals surface area contributed by atoms with Crippen LogP contribution in [0.15, 0.2) is 82.8 Å². The normalized spacial score (nSPS) is 18.7. The Balaban J connectivity index is 1.38. The Morgan fingerprint density at radius 3 is 2.85 bits per heavy atom. The molecule has 1 saturated heterocycles. The average molecular weight is 443 g/mol. The van der Waals surface area contributed by atoms with Crippen LogP contribution in [0.5, 0.6) is 5.75 Å². The zero-order chi connectivity index (χ0) is 22.6. The summed E-state index contributed by atoms with van der Waals surface area (Å²) in [5, 5.41) is 24.2. The lowest BCUT2D eigenvalue weighted by Gasteiger charge is -2.27. The molecule has 2 heterocycles. The fraction of sp³-hybridized carbons (Fsp3) is 0.222. The van der Waals surface area contributed by atoms with Crippen molar-refractivity contribution in [2.45, 2.75) is 31.7 Å². The van der Waals surface area contributed by atoms with E-state index < -0.39 is 0 Å². The molecule has 0 spiro atoms. The molecule has 0 aliphatic carbocycles. The molecule has 168 valence electrons. The van der Waals surface area contributed by atoms with Gasteiger partial charge in [0.1, 0.15) is 12.4 Å². The van der Waals surface area contributed by atoms with E-state index in [1.807, 2.05) is 54.6 Å². The van der Waals surface area contributed by atoms with Crippen LogP contribution in [0.3, 0.4) is 0 Å². The fourth-order valence-corrected chi connectivity index (χ4v) is 4.32. The first-order chi connectivity index (χ1) is 16.2. The van der Waals surface area contributed by atoms with Gasteiger partial charge in [0.05, 0.1) is 30.9 Å². The molecule has 4 aromatic rings. The van der Waals surface area contributed by atoms with E-state index in [-0.39, 0.29) is 12.2 Å². The number of hydrogen-bond donors (Lipinski definition) is 2. The number of rotatable bonds is 6. The fourth-order valence-electron chi connectivity index (χ4n) is 4.32. The van der Waals surface area contributed by atoms with E-state index in [4.69, 9.17) is 19.1 Å².